The quantitative estimate of drug-likeness (QED) is 0.847. The van der Waals surface area contributed by atoms with Crippen molar-refractivity contribution < 1.29 is 9.53 Å². The number of nitrogens with zero attached hydrogens (tertiary/aromatic N) is 3. The summed E-state index contributed by atoms with van der Waals surface area (Å²) in [6.45, 7) is 4.32. The SMILES string of the molecule is CCOc1ncccc1C(=O)N(C)C(C)c1ccncc1. The van der Waals surface area contributed by atoms with Crippen LogP contribution < -0.4 is 4.74 Å². The molecule has 2 rings (SSSR count). The van der Waals surface area contributed by atoms with E-state index in [0.29, 0.717) is 18.1 Å². The number of carbonyl (C=O) groups is 1. The molecule has 1 unspecified atom stereocenters. The van der Waals surface area contributed by atoms with E-state index in [9.17, 15) is 4.79 Å². The second-order valence-electron chi connectivity index (χ2n) is 4.66. The molecule has 5 heteroatoms. The molecule has 0 aliphatic carbocycles. The van der Waals surface area contributed by atoms with E-state index >= 15 is 0 Å². The summed E-state index contributed by atoms with van der Waals surface area (Å²) >= 11 is 0. The van der Waals surface area contributed by atoms with E-state index in [1.807, 2.05) is 26.0 Å². The van der Waals surface area contributed by atoms with Gasteiger partial charge in [-0.3, -0.25) is 9.78 Å². The Hall–Kier alpha value is -2.43. The summed E-state index contributed by atoms with van der Waals surface area (Å²) in [5, 5.41) is 0. The Morgan fingerprint density at radius 2 is 2.00 bits per heavy atom. The van der Waals surface area contributed by atoms with Gasteiger partial charge in [-0.15, -0.1) is 0 Å². The minimum atomic E-state index is -0.115. The number of carbonyl (C=O) groups excluding carboxylic acids is 1. The van der Waals surface area contributed by atoms with E-state index in [1.54, 1.807) is 42.7 Å². The van der Waals surface area contributed by atoms with Crippen LogP contribution in [0.3, 0.4) is 0 Å². The van der Waals surface area contributed by atoms with Crippen LogP contribution in [-0.4, -0.2) is 34.4 Å². The lowest BCUT2D eigenvalue weighted by atomic mass is 10.1. The Morgan fingerprint density at radius 3 is 2.67 bits per heavy atom. The van der Waals surface area contributed by atoms with Gasteiger partial charge in [0, 0.05) is 25.6 Å². The third-order valence-corrected chi connectivity index (χ3v) is 3.37. The van der Waals surface area contributed by atoms with Gasteiger partial charge in [0.1, 0.15) is 5.56 Å². The summed E-state index contributed by atoms with van der Waals surface area (Å²) < 4.78 is 5.43. The Labute approximate surface area is 124 Å². The third-order valence-electron chi connectivity index (χ3n) is 3.37. The van der Waals surface area contributed by atoms with Crippen molar-refractivity contribution in [2.45, 2.75) is 19.9 Å². The van der Waals surface area contributed by atoms with E-state index in [0.717, 1.165) is 5.56 Å². The molecule has 110 valence electrons. The standard InChI is InChI=1S/C16H19N3O2/c1-4-21-15-14(6-5-9-18-15)16(20)19(3)12(2)13-7-10-17-11-8-13/h5-12H,4H2,1-3H3. The van der Waals surface area contributed by atoms with E-state index in [-0.39, 0.29) is 11.9 Å². The summed E-state index contributed by atoms with van der Waals surface area (Å²) in [4.78, 5) is 22.4. The van der Waals surface area contributed by atoms with Gasteiger partial charge in [-0.2, -0.15) is 0 Å². The topological polar surface area (TPSA) is 55.3 Å². The highest BCUT2D eigenvalue weighted by Gasteiger charge is 2.22. The van der Waals surface area contributed by atoms with Crippen molar-refractivity contribution in [1.29, 1.82) is 0 Å². The number of hydrogen-bond acceptors (Lipinski definition) is 4. The molecule has 0 aromatic carbocycles. The molecule has 2 aromatic heterocycles. The molecule has 0 fully saturated rings. The first-order valence-electron chi connectivity index (χ1n) is 6.90. The number of hydrogen-bond donors (Lipinski definition) is 0. The molecule has 0 radical (unpaired) electrons. The predicted molar refractivity (Wildman–Crippen MR) is 80.2 cm³/mol. The maximum absolute atomic E-state index is 12.6. The Morgan fingerprint density at radius 1 is 1.29 bits per heavy atom. The van der Waals surface area contributed by atoms with Crippen LogP contribution in [-0.2, 0) is 0 Å². The lowest BCUT2D eigenvalue weighted by Gasteiger charge is -2.25. The monoisotopic (exact) mass is 285 g/mol. The van der Waals surface area contributed by atoms with Gasteiger partial charge in [0.05, 0.1) is 12.6 Å². The van der Waals surface area contributed by atoms with Gasteiger partial charge in [0.25, 0.3) is 5.91 Å². The Bertz CT molecular complexity index is 601. The van der Waals surface area contributed by atoms with Crippen LogP contribution in [0, 0.1) is 0 Å². The van der Waals surface area contributed by atoms with Gasteiger partial charge in [-0.05, 0) is 43.7 Å². The van der Waals surface area contributed by atoms with E-state index < -0.39 is 0 Å². The Balaban J connectivity index is 2.23. The smallest absolute Gasteiger partial charge is 0.259 e. The average Bonchev–Trinajstić information content (AvgIpc) is 2.54. The third kappa shape index (κ3) is 3.37. The molecule has 0 aliphatic rings. The molecule has 2 heterocycles. The summed E-state index contributed by atoms with van der Waals surface area (Å²) in [6.07, 6.45) is 5.06. The van der Waals surface area contributed by atoms with Crippen LogP contribution in [0.15, 0.2) is 42.9 Å². The van der Waals surface area contributed by atoms with Crippen LogP contribution in [0.4, 0.5) is 0 Å². The number of aromatic nitrogens is 2. The maximum atomic E-state index is 12.6. The molecule has 5 nitrogen and oxygen atoms in total. The first kappa shape index (κ1) is 15.0. The second kappa shape index (κ2) is 6.83. The van der Waals surface area contributed by atoms with Crippen molar-refractivity contribution in [2.24, 2.45) is 0 Å². The lowest BCUT2D eigenvalue weighted by Crippen LogP contribution is -2.30. The predicted octanol–water partition coefficient (Wildman–Crippen LogP) is 2.71. The molecule has 0 N–H and O–H groups in total. The zero-order chi connectivity index (χ0) is 15.2. The fourth-order valence-electron chi connectivity index (χ4n) is 2.04. The highest BCUT2D eigenvalue weighted by Crippen LogP contribution is 2.23. The van der Waals surface area contributed by atoms with Crippen molar-refractivity contribution in [2.75, 3.05) is 13.7 Å². The maximum Gasteiger partial charge on any atom is 0.259 e. The highest BCUT2D eigenvalue weighted by atomic mass is 16.5. The molecule has 21 heavy (non-hydrogen) atoms. The number of amides is 1. The lowest BCUT2D eigenvalue weighted by molar-refractivity contribution is 0.0737. The Kier molecular flexibility index (Phi) is 4.87. The number of pyridine rings is 2. The second-order valence-corrected chi connectivity index (χ2v) is 4.66. The zero-order valence-electron chi connectivity index (χ0n) is 12.5. The molecule has 0 saturated heterocycles. The van der Waals surface area contributed by atoms with E-state index in [2.05, 4.69) is 9.97 Å². The molecule has 1 atom stereocenters. The van der Waals surface area contributed by atoms with Crippen LogP contribution >= 0.6 is 0 Å². The van der Waals surface area contributed by atoms with Gasteiger partial charge >= 0.3 is 0 Å². The molecule has 0 bridgehead atoms. The van der Waals surface area contributed by atoms with Gasteiger partial charge in [-0.1, -0.05) is 0 Å². The summed E-state index contributed by atoms with van der Waals surface area (Å²) in [5.74, 6) is 0.259. The summed E-state index contributed by atoms with van der Waals surface area (Å²) in [7, 11) is 1.77. The van der Waals surface area contributed by atoms with Crippen molar-refractivity contribution in [3.63, 3.8) is 0 Å². The number of rotatable bonds is 5. The van der Waals surface area contributed by atoms with Crippen molar-refractivity contribution in [3.05, 3.63) is 54.0 Å². The summed E-state index contributed by atoms with van der Waals surface area (Å²) in [6, 6.07) is 7.22. The van der Waals surface area contributed by atoms with Crippen LogP contribution in [0.2, 0.25) is 0 Å². The molecule has 1 amide bonds. The highest BCUT2D eigenvalue weighted by molar-refractivity contribution is 5.96. The van der Waals surface area contributed by atoms with Gasteiger partial charge in [0.2, 0.25) is 5.88 Å². The fourth-order valence-corrected chi connectivity index (χ4v) is 2.04. The minimum Gasteiger partial charge on any atom is -0.477 e. The molecular weight excluding hydrogens is 266 g/mol. The molecule has 2 aromatic rings. The molecular formula is C16H19N3O2. The first-order valence-corrected chi connectivity index (χ1v) is 6.90. The zero-order valence-corrected chi connectivity index (χ0v) is 12.5. The first-order chi connectivity index (χ1) is 10.1. The molecule has 0 saturated carbocycles. The van der Waals surface area contributed by atoms with Crippen molar-refractivity contribution >= 4 is 5.91 Å². The van der Waals surface area contributed by atoms with Crippen molar-refractivity contribution in [1.82, 2.24) is 14.9 Å². The fraction of sp³-hybridized carbons (Fsp3) is 0.312. The molecule has 0 aliphatic heterocycles. The van der Waals surface area contributed by atoms with Crippen molar-refractivity contribution in [3.8, 4) is 5.88 Å². The van der Waals surface area contributed by atoms with Crippen LogP contribution in [0.25, 0.3) is 0 Å². The average molecular weight is 285 g/mol. The van der Waals surface area contributed by atoms with Gasteiger partial charge in [-0.25, -0.2) is 4.98 Å². The van der Waals surface area contributed by atoms with E-state index in [4.69, 9.17) is 4.74 Å². The van der Waals surface area contributed by atoms with E-state index in [1.165, 1.54) is 0 Å². The normalized spacial score (nSPS) is 11.8. The van der Waals surface area contributed by atoms with Gasteiger partial charge in [0.15, 0.2) is 0 Å². The van der Waals surface area contributed by atoms with Crippen LogP contribution in [0.1, 0.15) is 35.8 Å². The minimum absolute atomic E-state index is 0.0600. The van der Waals surface area contributed by atoms with Crippen LogP contribution in [0.5, 0.6) is 5.88 Å². The largest absolute Gasteiger partial charge is 0.477 e. The van der Waals surface area contributed by atoms with Gasteiger partial charge < -0.3 is 9.64 Å². The summed E-state index contributed by atoms with van der Waals surface area (Å²) in [5.41, 5.74) is 1.51. The number of ether oxygens (including phenoxy) is 1. The molecule has 0 spiro atoms.